The number of anilines is 1. The van der Waals surface area contributed by atoms with E-state index in [9.17, 15) is 9.59 Å². The van der Waals surface area contributed by atoms with Crippen LogP contribution in [0.25, 0.3) is 0 Å². The highest BCUT2D eigenvalue weighted by Crippen LogP contribution is 2.26. The first kappa shape index (κ1) is 15.1. The van der Waals surface area contributed by atoms with Crippen LogP contribution in [0, 0.1) is 0 Å². The average molecular weight is 323 g/mol. The maximum Gasteiger partial charge on any atom is 0.321 e. The number of piperidine rings is 1. The van der Waals surface area contributed by atoms with Gasteiger partial charge in [-0.15, -0.1) is 0 Å². The van der Waals surface area contributed by atoms with Gasteiger partial charge in [-0.1, -0.05) is 11.6 Å². The molecule has 2 aliphatic rings. The van der Waals surface area contributed by atoms with Crippen molar-refractivity contribution in [1.29, 1.82) is 0 Å². The third-order valence-corrected chi connectivity index (χ3v) is 4.42. The minimum Gasteiger partial charge on any atom is -0.337 e. The zero-order valence-corrected chi connectivity index (χ0v) is 13.0. The summed E-state index contributed by atoms with van der Waals surface area (Å²) in [6, 6.07) is 4.98. The van der Waals surface area contributed by atoms with Crippen LogP contribution < -0.4 is 16.0 Å². The van der Waals surface area contributed by atoms with Gasteiger partial charge < -0.3 is 16.0 Å². The van der Waals surface area contributed by atoms with Gasteiger partial charge in [0.05, 0.1) is 10.6 Å². The smallest absolute Gasteiger partial charge is 0.321 e. The van der Waals surface area contributed by atoms with Crippen molar-refractivity contribution in [2.45, 2.75) is 18.9 Å². The Hall–Kier alpha value is -1.79. The first-order chi connectivity index (χ1) is 10.6. The summed E-state index contributed by atoms with van der Waals surface area (Å²) < 4.78 is 0. The van der Waals surface area contributed by atoms with Gasteiger partial charge in [-0.3, -0.25) is 9.69 Å². The van der Waals surface area contributed by atoms with E-state index >= 15 is 0 Å². The molecule has 1 aromatic carbocycles. The Morgan fingerprint density at radius 3 is 2.86 bits per heavy atom. The Balaban J connectivity index is 1.86. The minimum absolute atomic E-state index is 0.0176. The van der Waals surface area contributed by atoms with Crippen LogP contribution in [0.3, 0.4) is 0 Å². The van der Waals surface area contributed by atoms with Crippen LogP contribution in [0.5, 0.6) is 0 Å². The van der Waals surface area contributed by atoms with Crippen molar-refractivity contribution in [2.24, 2.45) is 5.73 Å². The largest absolute Gasteiger partial charge is 0.337 e. The van der Waals surface area contributed by atoms with Crippen molar-refractivity contribution in [2.75, 3.05) is 31.1 Å². The second-order valence-corrected chi connectivity index (χ2v) is 6.11. The van der Waals surface area contributed by atoms with Crippen LogP contribution in [0.15, 0.2) is 18.2 Å². The number of amides is 3. The molecule has 0 spiro atoms. The van der Waals surface area contributed by atoms with E-state index in [1.54, 1.807) is 28.0 Å². The Kier molecular flexibility index (Phi) is 4.22. The zero-order chi connectivity index (χ0) is 15.7. The molecule has 0 bridgehead atoms. The molecule has 7 heteroatoms. The highest BCUT2D eigenvalue weighted by atomic mass is 35.5. The van der Waals surface area contributed by atoms with Gasteiger partial charge in [-0.25, -0.2) is 4.79 Å². The maximum atomic E-state index is 12.7. The summed E-state index contributed by atoms with van der Waals surface area (Å²) in [5, 5.41) is 3.14. The van der Waals surface area contributed by atoms with Crippen molar-refractivity contribution < 1.29 is 9.59 Å². The number of nitrogens with zero attached hydrogens (tertiary/aromatic N) is 2. The van der Waals surface area contributed by atoms with Crippen LogP contribution in [0.1, 0.15) is 23.2 Å². The van der Waals surface area contributed by atoms with Crippen LogP contribution in [0.2, 0.25) is 5.02 Å². The van der Waals surface area contributed by atoms with E-state index in [2.05, 4.69) is 5.32 Å². The topological polar surface area (TPSA) is 78.7 Å². The third-order valence-electron chi connectivity index (χ3n) is 4.09. The van der Waals surface area contributed by atoms with Crippen LogP contribution in [-0.2, 0) is 0 Å². The van der Waals surface area contributed by atoms with Crippen LogP contribution in [0.4, 0.5) is 10.5 Å². The highest BCUT2D eigenvalue weighted by molar-refractivity contribution is 6.34. The lowest BCUT2D eigenvalue weighted by Gasteiger charge is -2.31. The fourth-order valence-corrected chi connectivity index (χ4v) is 3.13. The molecule has 6 nitrogen and oxygen atoms in total. The first-order valence-electron chi connectivity index (χ1n) is 7.46. The van der Waals surface area contributed by atoms with E-state index in [-0.39, 0.29) is 18.0 Å². The highest BCUT2D eigenvalue weighted by Gasteiger charge is 2.26. The van der Waals surface area contributed by atoms with Gasteiger partial charge >= 0.3 is 6.03 Å². The third kappa shape index (κ3) is 2.89. The SMILES string of the molecule is NC1CCCN(C(=O)c2cc(N3CCNC3=O)ccc2Cl)C1. The second-order valence-electron chi connectivity index (χ2n) is 5.70. The van der Waals surface area contributed by atoms with Crippen LogP contribution >= 0.6 is 11.6 Å². The second kappa shape index (κ2) is 6.14. The molecule has 2 saturated heterocycles. The van der Waals surface area contributed by atoms with Gasteiger partial charge in [-0.2, -0.15) is 0 Å². The number of likely N-dealkylation sites (tertiary alicyclic amines) is 1. The molecule has 0 saturated carbocycles. The molecule has 2 heterocycles. The number of hydrogen-bond donors (Lipinski definition) is 2. The van der Waals surface area contributed by atoms with Gasteiger partial charge in [0.1, 0.15) is 0 Å². The number of benzene rings is 1. The van der Waals surface area contributed by atoms with E-state index < -0.39 is 0 Å². The summed E-state index contributed by atoms with van der Waals surface area (Å²) >= 11 is 6.19. The lowest BCUT2D eigenvalue weighted by molar-refractivity contribution is 0.0709. The number of hydrogen-bond acceptors (Lipinski definition) is 3. The Bertz CT molecular complexity index is 607. The number of carbonyl (C=O) groups is 2. The number of urea groups is 1. The van der Waals surface area contributed by atoms with Crippen LogP contribution in [-0.4, -0.2) is 49.1 Å². The van der Waals surface area contributed by atoms with E-state index in [1.165, 1.54) is 0 Å². The van der Waals surface area contributed by atoms with E-state index in [0.717, 1.165) is 12.8 Å². The summed E-state index contributed by atoms with van der Waals surface area (Å²) in [6.45, 7) is 2.43. The zero-order valence-electron chi connectivity index (χ0n) is 12.2. The molecule has 0 aliphatic carbocycles. The minimum atomic E-state index is -0.152. The Labute approximate surface area is 134 Å². The van der Waals surface area contributed by atoms with Gasteiger partial charge in [-0.05, 0) is 31.0 Å². The number of rotatable bonds is 2. The predicted molar refractivity (Wildman–Crippen MR) is 85.3 cm³/mol. The van der Waals surface area contributed by atoms with Crippen molar-refractivity contribution >= 4 is 29.2 Å². The maximum absolute atomic E-state index is 12.7. The normalized spacial score (nSPS) is 21.9. The molecular weight excluding hydrogens is 304 g/mol. The molecule has 3 N–H and O–H groups in total. The van der Waals surface area contributed by atoms with Gasteiger partial charge in [0.15, 0.2) is 0 Å². The average Bonchev–Trinajstić information content (AvgIpc) is 2.93. The lowest BCUT2D eigenvalue weighted by atomic mass is 10.0. The van der Waals surface area contributed by atoms with E-state index in [0.29, 0.717) is 42.5 Å². The van der Waals surface area contributed by atoms with E-state index in [1.807, 2.05) is 0 Å². The summed E-state index contributed by atoms with van der Waals surface area (Å²) in [7, 11) is 0. The molecule has 22 heavy (non-hydrogen) atoms. The van der Waals surface area contributed by atoms with E-state index in [4.69, 9.17) is 17.3 Å². The first-order valence-corrected chi connectivity index (χ1v) is 7.84. The molecule has 1 atom stereocenters. The molecule has 1 unspecified atom stereocenters. The molecule has 0 aromatic heterocycles. The summed E-state index contributed by atoms with van der Waals surface area (Å²) in [4.78, 5) is 27.8. The quantitative estimate of drug-likeness (QED) is 0.864. The van der Waals surface area contributed by atoms with Crippen molar-refractivity contribution in [3.63, 3.8) is 0 Å². The summed E-state index contributed by atoms with van der Waals surface area (Å²) in [5.41, 5.74) is 7.05. The van der Waals surface area contributed by atoms with Crippen molar-refractivity contribution in [1.82, 2.24) is 10.2 Å². The van der Waals surface area contributed by atoms with Gasteiger partial charge in [0, 0.05) is 37.9 Å². The number of carbonyl (C=O) groups excluding carboxylic acids is 2. The van der Waals surface area contributed by atoms with Gasteiger partial charge in [0.2, 0.25) is 0 Å². The fraction of sp³-hybridized carbons (Fsp3) is 0.467. The molecule has 1 aromatic rings. The molecule has 3 amide bonds. The predicted octanol–water partition coefficient (Wildman–Crippen LogP) is 1.43. The molecule has 2 aliphatic heterocycles. The standard InChI is InChI=1S/C15H19ClN4O2/c16-13-4-3-11(20-7-5-18-15(20)22)8-12(13)14(21)19-6-1-2-10(17)9-19/h3-4,8,10H,1-2,5-7,9,17H2,(H,18,22). The van der Waals surface area contributed by atoms with Crippen molar-refractivity contribution in [3.05, 3.63) is 28.8 Å². The number of halogens is 1. The molecule has 2 fully saturated rings. The van der Waals surface area contributed by atoms with Gasteiger partial charge in [0.25, 0.3) is 5.91 Å². The molecular formula is C15H19ClN4O2. The Morgan fingerprint density at radius 2 is 2.18 bits per heavy atom. The Morgan fingerprint density at radius 1 is 1.36 bits per heavy atom. The summed E-state index contributed by atoms with van der Waals surface area (Å²) in [5.74, 6) is -0.124. The monoisotopic (exact) mass is 322 g/mol. The number of nitrogens with two attached hydrogens (primary N) is 1. The molecule has 0 radical (unpaired) electrons. The molecule has 118 valence electrons. The molecule has 3 rings (SSSR count). The lowest BCUT2D eigenvalue weighted by Crippen LogP contribution is -2.45. The fourth-order valence-electron chi connectivity index (χ4n) is 2.93. The van der Waals surface area contributed by atoms with Crippen molar-refractivity contribution in [3.8, 4) is 0 Å². The summed E-state index contributed by atoms with van der Waals surface area (Å²) in [6.07, 6.45) is 1.84. The number of nitrogens with one attached hydrogen (secondary N) is 1.